The molecule has 1 fully saturated rings. The molecule has 1 atom stereocenters. The minimum absolute atomic E-state index is 0.401. The molecule has 0 saturated heterocycles. The second-order valence-electron chi connectivity index (χ2n) is 6.04. The van der Waals surface area contributed by atoms with Crippen LogP contribution >= 0.6 is 34.8 Å². The molecular formula is C17H17IN2S. The SMILES string of the molecule is S=C(NC1CC1)NC1Cc2cccc3ccc(I)c(c23)C1. The molecule has 4 heteroatoms. The molecule has 2 aromatic carbocycles. The summed E-state index contributed by atoms with van der Waals surface area (Å²) in [5.74, 6) is 0. The van der Waals surface area contributed by atoms with Gasteiger partial charge in [-0.25, -0.2) is 0 Å². The van der Waals surface area contributed by atoms with Crippen LogP contribution in [0.3, 0.4) is 0 Å². The highest BCUT2D eigenvalue weighted by atomic mass is 127. The Bertz CT molecular complexity index is 724. The van der Waals surface area contributed by atoms with Crippen molar-refractivity contribution in [1.29, 1.82) is 0 Å². The lowest BCUT2D eigenvalue weighted by Crippen LogP contribution is -2.45. The van der Waals surface area contributed by atoms with Gasteiger partial charge in [0.1, 0.15) is 0 Å². The Labute approximate surface area is 143 Å². The predicted octanol–water partition coefficient (Wildman–Crippen LogP) is 3.54. The van der Waals surface area contributed by atoms with Crippen LogP contribution < -0.4 is 10.6 Å². The minimum Gasteiger partial charge on any atom is -0.360 e. The summed E-state index contributed by atoms with van der Waals surface area (Å²) in [5.41, 5.74) is 2.92. The second kappa shape index (κ2) is 5.39. The number of thiocarbonyl (C=S) groups is 1. The number of benzene rings is 2. The molecule has 2 aliphatic carbocycles. The summed E-state index contributed by atoms with van der Waals surface area (Å²) in [4.78, 5) is 0. The van der Waals surface area contributed by atoms with E-state index in [-0.39, 0.29) is 0 Å². The van der Waals surface area contributed by atoms with Crippen molar-refractivity contribution in [3.63, 3.8) is 0 Å². The van der Waals surface area contributed by atoms with Gasteiger partial charge in [-0.05, 0) is 88.5 Å². The third-order valence-corrected chi connectivity index (χ3v) is 5.59. The Morgan fingerprint density at radius 1 is 1.05 bits per heavy atom. The molecule has 0 amide bonds. The van der Waals surface area contributed by atoms with Crippen molar-refractivity contribution in [3.05, 3.63) is 45.0 Å². The summed E-state index contributed by atoms with van der Waals surface area (Å²) in [6.07, 6.45) is 4.62. The zero-order chi connectivity index (χ0) is 14.4. The van der Waals surface area contributed by atoms with Crippen LogP contribution in [0, 0.1) is 3.57 Å². The molecule has 1 saturated carbocycles. The summed E-state index contributed by atoms with van der Waals surface area (Å²) in [6.45, 7) is 0. The zero-order valence-electron chi connectivity index (χ0n) is 11.7. The van der Waals surface area contributed by atoms with E-state index in [1.807, 2.05) is 0 Å². The van der Waals surface area contributed by atoms with Gasteiger partial charge >= 0.3 is 0 Å². The van der Waals surface area contributed by atoms with Gasteiger partial charge in [-0.3, -0.25) is 0 Å². The lowest BCUT2D eigenvalue weighted by Gasteiger charge is -2.28. The topological polar surface area (TPSA) is 24.1 Å². The Morgan fingerprint density at radius 3 is 2.67 bits per heavy atom. The highest BCUT2D eigenvalue weighted by molar-refractivity contribution is 14.1. The number of rotatable bonds is 2. The Kier molecular flexibility index (Phi) is 3.53. The summed E-state index contributed by atoms with van der Waals surface area (Å²) >= 11 is 7.90. The van der Waals surface area contributed by atoms with Gasteiger partial charge in [-0.2, -0.15) is 0 Å². The molecule has 21 heavy (non-hydrogen) atoms. The van der Waals surface area contributed by atoms with Crippen molar-refractivity contribution < 1.29 is 0 Å². The van der Waals surface area contributed by atoms with E-state index in [1.165, 1.54) is 38.3 Å². The molecule has 0 aliphatic heterocycles. The fourth-order valence-corrected chi connectivity index (χ4v) is 4.21. The third kappa shape index (κ3) is 2.75. The first-order chi connectivity index (χ1) is 10.2. The molecule has 2 aromatic rings. The first kappa shape index (κ1) is 13.8. The molecular weight excluding hydrogens is 391 g/mol. The van der Waals surface area contributed by atoms with Gasteiger partial charge in [0.05, 0.1) is 0 Å². The molecule has 0 heterocycles. The van der Waals surface area contributed by atoms with Gasteiger partial charge in [0.25, 0.3) is 0 Å². The molecule has 2 nitrogen and oxygen atoms in total. The minimum atomic E-state index is 0.401. The maximum Gasteiger partial charge on any atom is 0.166 e. The van der Waals surface area contributed by atoms with Gasteiger partial charge < -0.3 is 10.6 Å². The quantitative estimate of drug-likeness (QED) is 0.587. The van der Waals surface area contributed by atoms with Crippen molar-refractivity contribution in [2.75, 3.05) is 0 Å². The number of halogens is 1. The van der Waals surface area contributed by atoms with Gasteiger partial charge in [0, 0.05) is 15.7 Å². The standard InChI is InChI=1S/C17H17IN2S/c18-15-7-4-10-2-1-3-11-8-13(9-14(15)16(10)11)20-17(21)19-12-5-6-12/h1-4,7,12-13H,5-6,8-9H2,(H2,19,20,21). The van der Waals surface area contributed by atoms with Crippen LogP contribution in [-0.4, -0.2) is 17.2 Å². The Hall–Kier alpha value is -0.880. The van der Waals surface area contributed by atoms with Crippen LogP contribution in [0.5, 0.6) is 0 Å². The number of hydrogen-bond acceptors (Lipinski definition) is 1. The second-order valence-corrected chi connectivity index (χ2v) is 7.61. The molecule has 0 radical (unpaired) electrons. The zero-order valence-corrected chi connectivity index (χ0v) is 14.6. The van der Waals surface area contributed by atoms with Gasteiger partial charge in [-0.15, -0.1) is 0 Å². The number of nitrogens with one attached hydrogen (secondary N) is 2. The fraction of sp³-hybridized carbons (Fsp3) is 0.353. The third-order valence-electron chi connectivity index (χ3n) is 4.35. The van der Waals surface area contributed by atoms with Crippen LogP contribution in [0.25, 0.3) is 10.8 Å². The van der Waals surface area contributed by atoms with Crippen molar-refractivity contribution in [2.24, 2.45) is 0 Å². The molecule has 4 rings (SSSR count). The molecule has 108 valence electrons. The smallest absolute Gasteiger partial charge is 0.166 e. The molecule has 2 N–H and O–H groups in total. The largest absolute Gasteiger partial charge is 0.360 e. The average Bonchev–Trinajstić information content (AvgIpc) is 3.26. The maximum absolute atomic E-state index is 5.44. The molecule has 0 spiro atoms. The van der Waals surface area contributed by atoms with Crippen LogP contribution in [0.15, 0.2) is 30.3 Å². The summed E-state index contributed by atoms with van der Waals surface area (Å²) in [6, 6.07) is 12.1. The van der Waals surface area contributed by atoms with E-state index in [9.17, 15) is 0 Å². The van der Waals surface area contributed by atoms with Gasteiger partial charge in [-0.1, -0.05) is 24.3 Å². The summed E-state index contributed by atoms with van der Waals surface area (Å²) in [7, 11) is 0. The summed E-state index contributed by atoms with van der Waals surface area (Å²) in [5, 5.41) is 10.5. The monoisotopic (exact) mass is 408 g/mol. The van der Waals surface area contributed by atoms with E-state index in [4.69, 9.17) is 12.2 Å². The lowest BCUT2D eigenvalue weighted by atomic mass is 9.86. The van der Waals surface area contributed by atoms with Crippen molar-refractivity contribution >= 4 is 50.7 Å². The summed E-state index contributed by atoms with van der Waals surface area (Å²) < 4.78 is 1.36. The van der Waals surface area contributed by atoms with Crippen LogP contribution in [0.2, 0.25) is 0 Å². The molecule has 0 aromatic heterocycles. The number of hydrogen-bond donors (Lipinski definition) is 2. The molecule has 2 aliphatic rings. The Morgan fingerprint density at radius 2 is 1.86 bits per heavy atom. The van der Waals surface area contributed by atoms with E-state index in [2.05, 4.69) is 63.6 Å². The predicted molar refractivity (Wildman–Crippen MR) is 99.8 cm³/mol. The van der Waals surface area contributed by atoms with E-state index in [1.54, 1.807) is 0 Å². The van der Waals surface area contributed by atoms with Gasteiger partial charge in [0.2, 0.25) is 0 Å². The van der Waals surface area contributed by atoms with E-state index in [0.29, 0.717) is 12.1 Å². The van der Waals surface area contributed by atoms with Crippen LogP contribution in [-0.2, 0) is 12.8 Å². The Balaban J connectivity index is 1.62. The van der Waals surface area contributed by atoms with Crippen molar-refractivity contribution in [3.8, 4) is 0 Å². The van der Waals surface area contributed by atoms with E-state index < -0.39 is 0 Å². The first-order valence-electron chi connectivity index (χ1n) is 7.47. The fourth-order valence-electron chi connectivity index (χ4n) is 3.21. The average molecular weight is 408 g/mol. The van der Waals surface area contributed by atoms with E-state index >= 15 is 0 Å². The first-order valence-corrected chi connectivity index (χ1v) is 8.95. The lowest BCUT2D eigenvalue weighted by molar-refractivity contribution is 0.584. The van der Waals surface area contributed by atoms with Crippen LogP contribution in [0.1, 0.15) is 24.0 Å². The highest BCUT2D eigenvalue weighted by Gasteiger charge is 2.25. The maximum atomic E-state index is 5.44. The van der Waals surface area contributed by atoms with Crippen LogP contribution in [0.4, 0.5) is 0 Å². The van der Waals surface area contributed by atoms with Gasteiger partial charge in [0.15, 0.2) is 5.11 Å². The van der Waals surface area contributed by atoms with Crippen molar-refractivity contribution in [1.82, 2.24) is 10.6 Å². The van der Waals surface area contributed by atoms with E-state index in [0.717, 1.165) is 18.0 Å². The van der Waals surface area contributed by atoms with Crippen molar-refractivity contribution in [2.45, 2.75) is 37.8 Å². The normalized spacial score (nSPS) is 20.3. The highest BCUT2D eigenvalue weighted by Crippen LogP contribution is 2.32. The molecule has 0 bridgehead atoms. The molecule has 1 unspecified atom stereocenters.